The number of rotatable bonds is 4. The summed E-state index contributed by atoms with van der Waals surface area (Å²) in [5.74, 6) is -0.0936. The molecule has 2 aromatic carbocycles. The molecule has 2 N–H and O–H groups in total. The van der Waals surface area contributed by atoms with Gasteiger partial charge in [-0.3, -0.25) is 4.79 Å². The maximum absolute atomic E-state index is 13.8. The predicted molar refractivity (Wildman–Crippen MR) is 139 cm³/mol. The Kier molecular flexibility index (Phi) is 6.17. The lowest BCUT2D eigenvalue weighted by atomic mass is 10.0. The molecule has 7 nitrogen and oxygen atoms in total. The number of halogens is 2. The zero-order valence-corrected chi connectivity index (χ0v) is 20.6. The van der Waals surface area contributed by atoms with Crippen molar-refractivity contribution in [2.45, 2.75) is 13.8 Å². The van der Waals surface area contributed by atoms with Crippen LogP contribution in [0.25, 0.3) is 22.2 Å². The van der Waals surface area contributed by atoms with Crippen LogP contribution < -0.4 is 15.8 Å². The average Bonchev–Trinajstić information content (AvgIpc) is 2.82. The Morgan fingerprint density at radius 1 is 1.09 bits per heavy atom. The number of benzene rings is 2. The third kappa shape index (κ3) is 4.59. The van der Waals surface area contributed by atoms with Crippen molar-refractivity contribution in [3.8, 4) is 11.1 Å². The topological polar surface area (TPSA) is 77.1 Å². The van der Waals surface area contributed by atoms with Crippen molar-refractivity contribution in [2.24, 2.45) is 0 Å². The summed E-state index contributed by atoms with van der Waals surface area (Å²) in [5, 5.41) is 4.19. The van der Waals surface area contributed by atoms with Crippen LogP contribution in [0, 0.1) is 19.7 Å². The van der Waals surface area contributed by atoms with Crippen molar-refractivity contribution in [1.82, 2.24) is 19.9 Å². The molecule has 35 heavy (non-hydrogen) atoms. The summed E-state index contributed by atoms with van der Waals surface area (Å²) in [6.45, 7) is 8.00. The monoisotopic (exact) mass is 492 g/mol. The van der Waals surface area contributed by atoms with Crippen LogP contribution >= 0.6 is 11.6 Å². The van der Waals surface area contributed by atoms with Gasteiger partial charge in [-0.15, -0.1) is 0 Å². The Balaban J connectivity index is 1.44. The van der Waals surface area contributed by atoms with Gasteiger partial charge in [-0.2, -0.15) is 4.98 Å². The fourth-order valence-corrected chi connectivity index (χ4v) is 4.78. The standard InChI is InChI=1S/C26H26ClFN6O/c1-15-12-18(5-7-22(15)34-10-8-33(3)9-11-34)30-26-29-14-20-16(2)23(25(35)31-24(20)32-26)19-13-17(28)4-6-21(19)27/h4-7,12-14H,8-11H2,1-3H3,(H2,29,30,31,32,35). The van der Waals surface area contributed by atoms with Crippen molar-refractivity contribution in [3.05, 3.63) is 74.9 Å². The number of nitrogens with zero attached hydrogens (tertiary/aromatic N) is 4. The molecule has 0 radical (unpaired) electrons. The van der Waals surface area contributed by atoms with Crippen LogP contribution in [0.4, 0.5) is 21.7 Å². The molecule has 0 saturated carbocycles. The minimum absolute atomic E-state index is 0.300. The number of aromatic amines is 1. The highest BCUT2D eigenvalue weighted by Crippen LogP contribution is 2.31. The van der Waals surface area contributed by atoms with E-state index in [2.05, 4.69) is 56.2 Å². The van der Waals surface area contributed by atoms with E-state index in [9.17, 15) is 9.18 Å². The summed E-state index contributed by atoms with van der Waals surface area (Å²) in [5.41, 5.74) is 4.54. The first-order chi connectivity index (χ1) is 16.8. The second kappa shape index (κ2) is 9.28. The van der Waals surface area contributed by atoms with Crippen LogP contribution in [0.1, 0.15) is 11.1 Å². The van der Waals surface area contributed by atoms with Crippen LogP contribution in [-0.2, 0) is 0 Å². The number of fused-ring (bicyclic) bond motifs is 1. The number of likely N-dealkylation sites (N-methyl/N-ethyl adjacent to an activating group) is 1. The van der Waals surface area contributed by atoms with E-state index in [1.807, 2.05) is 6.07 Å². The number of H-pyrrole nitrogens is 1. The highest BCUT2D eigenvalue weighted by Gasteiger charge is 2.18. The molecule has 0 amide bonds. The highest BCUT2D eigenvalue weighted by molar-refractivity contribution is 6.33. The summed E-state index contributed by atoms with van der Waals surface area (Å²) >= 11 is 6.26. The molecule has 180 valence electrons. The summed E-state index contributed by atoms with van der Waals surface area (Å²) in [6, 6.07) is 10.2. The van der Waals surface area contributed by atoms with Crippen LogP contribution in [0.2, 0.25) is 5.02 Å². The highest BCUT2D eigenvalue weighted by atomic mass is 35.5. The van der Waals surface area contributed by atoms with E-state index in [-0.39, 0.29) is 5.56 Å². The van der Waals surface area contributed by atoms with Gasteiger partial charge in [-0.1, -0.05) is 11.6 Å². The molecule has 3 heterocycles. The Morgan fingerprint density at radius 2 is 1.86 bits per heavy atom. The Hall–Kier alpha value is -3.49. The maximum Gasteiger partial charge on any atom is 0.257 e. The number of anilines is 3. The normalized spacial score (nSPS) is 14.5. The summed E-state index contributed by atoms with van der Waals surface area (Å²) in [7, 11) is 2.15. The van der Waals surface area contributed by atoms with Gasteiger partial charge in [0.1, 0.15) is 11.5 Å². The van der Waals surface area contributed by atoms with E-state index in [1.54, 1.807) is 13.1 Å². The molecule has 9 heteroatoms. The number of hydrogen-bond donors (Lipinski definition) is 2. The quantitative estimate of drug-likeness (QED) is 0.422. The number of hydrogen-bond acceptors (Lipinski definition) is 6. The molecule has 0 spiro atoms. The van der Waals surface area contributed by atoms with Crippen LogP contribution in [0.5, 0.6) is 0 Å². The van der Waals surface area contributed by atoms with E-state index in [0.717, 1.165) is 31.9 Å². The SMILES string of the molecule is Cc1cc(Nc2ncc3c(C)c(-c4cc(F)ccc4Cl)c(=O)[nH]c3n2)ccc1N1CCN(C)CC1. The van der Waals surface area contributed by atoms with Gasteiger partial charge in [0.25, 0.3) is 5.56 Å². The van der Waals surface area contributed by atoms with Gasteiger partial charge >= 0.3 is 0 Å². The lowest BCUT2D eigenvalue weighted by Crippen LogP contribution is -2.44. The van der Waals surface area contributed by atoms with Gasteiger partial charge in [-0.25, -0.2) is 9.37 Å². The first-order valence-corrected chi connectivity index (χ1v) is 11.8. The second-order valence-corrected chi connectivity index (χ2v) is 9.36. The first-order valence-electron chi connectivity index (χ1n) is 11.5. The van der Waals surface area contributed by atoms with Crippen molar-refractivity contribution in [2.75, 3.05) is 43.4 Å². The molecule has 1 fully saturated rings. The molecular weight excluding hydrogens is 467 g/mol. The van der Waals surface area contributed by atoms with E-state index in [0.29, 0.717) is 38.7 Å². The summed E-state index contributed by atoms with van der Waals surface area (Å²) in [6.07, 6.45) is 1.65. The van der Waals surface area contributed by atoms with Crippen molar-refractivity contribution < 1.29 is 4.39 Å². The Bertz CT molecular complexity index is 1480. The average molecular weight is 493 g/mol. The largest absolute Gasteiger partial charge is 0.369 e. The third-order valence-electron chi connectivity index (χ3n) is 6.52. The zero-order chi connectivity index (χ0) is 24.7. The fraction of sp³-hybridized carbons (Fsp3) is 0.269. The molecule has 1 saturated heterocycles. The molecule has 2 aromatic heterocycles. The van der Waals surface area contributed by atoms with Gasteiger partial charge in [-0.05, 0) is 68.4 Å². The molecule has 0 aliphatic carbocycles. The van der Waals surface area contributed by atoms with E-state index >= 15 is 0 Å². The Morgan fingerprint density at radius 3 is 2.60 bits per heavy atom. The van der Waals surface area contributed by atoms with Gasteiger partial charge in [0.05, 0.1) is 5.56 Å². The molecule has 0 unspecified atom stereocenters. The predicted octanol–water partition coefficient (Wildman–Crippen LogP) is 4.89. The molecule has 0 bridgehead atoms. The second-order valence-electron chi connectivity index (χ2n) is 8.95. The van der Waals surface area contributed by atoms with Gasteiger partial charge < -0.3 is 20.1 Å². The molecule has 1 aliphatic heterocycles. The van der Waals surface area contributed by atoms with Gasteiger partial charge in [0.15, 0.2) is 0 Å². The smallest absolute Gasteiger partial charge is 0.257 e. The molecule has 4 aromatic rings. The minimum Gasteiger partial charge on any atom is -0.369 e. The lowest BCUT2D eigenvalue weighted by Gasteiger charge is -2.35. The van der Waals surface area contributed by atoms with Crippen LogP contribution in [0.15, 0.2) is 47.4 Å². The maximum atomic E-state index is 13.8. The number of pyridine rings is 1. The van der Waals surface area contributed by atoms with E-state index < -0.39 is 5.82 Å². The summed E-state index contributed by atoms with van der Waals surface area (Å²) in [4.78, 5) is 29.4. The lowest BCUT2D eigenvalue weighted by molar-refractivity contribution is 0.312. The van der Waals surface area contributed by atoms with Crippen molar-refractivity contribution in [3.63, 3.8) is 0 Å². The summed E-state index contributed by atoms with van der Waals surface area (Å²) < 4.78 is 13.8. The van der Waals surface area contributed by atoms with E-state index in [1.165, 1.54) is 29.4 Å². The number of aromatic nitrogens is 3. The Labute approximate surface area is 207 Å². The van der Waals surface area contributed by atoms with Crippen molar-refractivity contribution in [1.29, 1.82) is 0 Å². The molecule has 5 rings (SSSR count). The minimum atomic E-state index is -0.465. The van der Waals surface area contributed by atoms with Gasteiger partial charge in [0, 0.05) is 59.7 Å². The first kappa shape index (κ1) is 23.3. The van der Waals surface area contributed by atoms with Crippen LogP contribution in [0.3, 0.4) is 0 Å². The third-order valence-corrected chi connectivity index (χ3v) is 6.85. The van der Waals surface area contributed by atoms with Gasteiger partial charge in [0.2, 0.25) is 5.95 Å². The number of nitrogens with one attached hydrogen (secondary N) is 2. The molecule has 0 atom stereocenters. The molecule has 1 aliphatic rings. The number of piperazine rings is 1. The van der Waals surface area contributed by atoms with Crippen LogP contribution in [-0.4, -0.2) is 53.1 Å². The van der Waals surface area contributed by atoms with Crippen molar-refractivity contribution >= 4 is 40.0 Å². The number of aryl methyl sites for hydroxylation is 2. The zero-order valence-electron chi connectivity index (χ0n) is 19.8. The fourth-order valence-electron chi connectivity index (χ4n) is 4.56. The molecular formula is C26H26ClFN6O. The van der Waals surface area contributed by atoms with E-state index in [4.69, 9.17) is 11.6 Å².